The number of aryl methyl sites for hydroxylation is 1. The second kappa shape index (κ2) is 5.02. The molecule has 1 fully saturated rings. The van der Waals surface area contributed by atoms with E-state index in [4.69, 9.17) is 0 Å². The molecule has 0 radical (unpaired) electrons. The maximum atomic E-state index is 4.35. The molecule has 0 aliphatic heterocycles. The lowest BCUT2D eigenvalue weighted by molar-refractivity contribution is 0.0738. The van der Waals surface area contributed by atoms with Gasteiger partial charge in [-0.25, -0.2) is 0 Å². The smallest absolute Gasteiger partial charge is 0.156 e. The van der Waals surface area contributed by atoms with E-state index in [-0.39, 0.29) is 5.54 Å². The molecular formula is C16H22N4. The Morgan fingerprint density at radius 3 is 2.45 bits per heavy atom. The van der Waals surface area contributed by atoms with Crippen LogP contribution in [0.15, 0.2) is 24.3 Å². The highest BCUT2D eigenvalue weighted by Gasteiger charge is 2.38. The van der Waals surface area contributed by atoms with Crippen LogP contribution >= 0.6 is 0 Å². The molecule has 1 aliphatic rings. The summed E-state index contributed by atoms with van der Waals surface area (Å²) in [5.74, 6) is 0.902. The Hall–Kier alpha value is -1.68. The van der Waals surface area contributed by atoms with Crippen molar-refractivity contribution in [1.82, 2.24) is 15.1 Å². The molecule has 0 saturated heterocycles. The number of rotatable bonds is 4. The minimum absolute atomic E-state index is 0.285. The Balaban J connectivity index is 1.87. The molecule has 2 aromatic rings. The van der Waals surface area contributed by atoms with Crippen molar-refractivity contribution >= 4 is 16.6 Å². The van der Waals surface area contributed by atoms with Crippen LogP contribution in [0, 0.1) is 6.92 Å². The zero-order valence-electron chi connectivity index (χ0n) is 12.5. The van der Waals surface area contributed by atoms with Gasteiger partial charge in [-0.05, 0) is 40.3 Å². The Labute approximate surface area is 120 Å². The lowest BCUT2D eigenvalue weighted by Gasteiger charge is -2.47. The second-order valence-corrected chi connectivity index (χ2v) is 6.01. The van der Waals surface area contributed by atoms with E-state index in [1.54, 1.807) is 0 Å². The third kappa shape index (κ3) is 2.14. The fourth-order valence-corrected chi connectivity index (χ4v) is 2.98. The molecule has 1 N–H and O–H groups in total. The molecule has 1 heterocycles. The fraction of sp³-hybridized carbons (Fsp3) is 0.500. The molecule has 0 unspecified atom stereocenters. The van der Waals surface area contributed by atoms with Crippen molar-refractivity contribution in [3.8, 4) is 0 Å². The molecule has 4 nitrogen and oxygen atoms in total. The summed E-state index contributed by atoms with van der Waals surface area (Å²) in [6.45, 7) is 2.94. The molecule has 1 aliphatic carbocycles. The Bertz CT molecular complexity index is 617. The van der Waals surface area contributed by atoms with Gasteiger partial charge in [0.2, 0.25) is 0 Å². The van der Waals surface area contributed by atoms with Crippen molar-refractivity contribution in [3.05, 3.63) is 30.0 Å². The number of hydrogen-bond acceptors (Lipinski definition) is 4. The van der Waals surface area contributed by atoms with Crippen LogP contribution < -0.4 is 5.32 Å². The summed E-state index contributed by atoms with van der Waals surface area (Å²) in [5.41, 5.74) is 1.27. The van der Waals surface area contributed by atoms with E-state index in [2.05, 4.69) is 52.7 Å². The number of aromatic nitrogens is 2. The molecule has 1 saturated carbocycles. The summed E-state index contributed by atoms with van der Waals surface area (Å²) in [4.78, 5) is 2.34. The van der Waals surface area contributed by atoms with Gasteiger partial charge in [0.05, 0.1) is 5.69 Å². The van der Waals surface area contributed by atoms with E-state index in [0.717, 1.165) is 23.4 Å². The highest BCUT2D eigenvalue weighted by molar-refractivity contribution is 5.92. The summed E-state index contributed by atoms with van der Waals surface area (Å²) in [5, 5.41) is 14.5. The van der Waals surface area contributed by atoms with Crippen molar-refractivity contribution in [1.29, 1.82) is 0 Å². The first-order valence-electron chi connectivity index (χ1n) is 7.26. The summed E-state index contributed by atoms with van der Waals surface area (Å²) in [7, 11) is 4.33. The number of benzene rings is 1. The van der Waals surface area contributed by atoms with Crippen molar-refractivity contribution in [3.63, 3.8) is 0 Å². The molecule has 3 rings (SSSR count). The number of nitrogens with one attached hydrogen (secondary N) is 1. The SMILES string of the molecule is Cc1nnc(NCC2(N(C)C)CCC2)c2ccccc12. The normalized spacial score (nSPS) is 17.2. The van der Waals surface area contributed by atoms with Gasteiger partial charge in [0.25, 0.3) is 0 Å². The zero-order chi connectivity index (χ0) is 14.2. The van der Waals surface area contributed by atoms with E-state index in [9.17, 15) is 0 Å². The number of fused-ring (bicyclic) bond motifs is 1. The average molecular weight is 270 g/mol. The fourth-order valence-electron chi connectivity index (χ4n) is 2.98. The van der Waals surface area contributed by atoms with Gasteiger partial charge in [-0.15, -0.1) is 5.10 Å². The van der Waals surface area contributed by atoms with Crippen molar-refractivity contribution in [2.45, 2.75) is 31.7 Å². The Kier molecular flexibility index (Phi) is 3.34. The summed E-state index contributed by atoms with van der Waals surface area (Å²) >= 11 is 0. The summed E-state index contributed by atoms with van der Waals surface area (Å²) in [6, 6.07) is 8.33. The van der Waals surface area contributed by atoms with Crippen LogP contribution in [0.25, 0.3) is 10.8 Å². The van der Waals surface area contributed by atoms with Crippen LogP contribution in [0.2, 0.25) is 0 Å². The second-order valence-electron chi connectivity index (χ2n) is 6.01. The molecule has 1 aromatic carbocycles. The third-order valence-electron chi connectivity index (χ3n) is 4.69. The van der Waals surface area contributed by atoms with E-state index < -0.39 is 0 Å². The summed E-state index contributed by atoms with van der Waals surface area (Å²) < 4.78 is 0. The van der Waals surface area contributed by atoms with Crippen LogP contribution in [0.3, 0.4) is 0 Å². The van der Waals surface area contributed by atoms with Crippen LogP contribution in [-0.4, -0.2) is 41.3 Å². The molecular weight excluding hydrogens is 248 g/mol. The first kappa shape index (κ1) is 13.3. The number of hydrogen-bond donors (Lipinski definition) is 1. The highest BCUT2D eigenvalue weighted by atomic mass is 15.2. The quantitative estimate of drug-likeness (QED) is 0.927. The van der Waals surface area contributed by atoms with Crippen LogP contribution in [0.5, 0.6) is 0 Å². The van der Waals surface area contributed by atoms with Gasteiger partial charge in [-0.2, -0.15) is 5.10 Å². The molecule has 0 bridgehead atoms. The molecule has 0 amide bonds. The molecule has 1 aromatic heterocycles. The highest BCUT2D eigenvalue weighted by Crippen LogP contribution is 2.36. The molecule has 0 spiro atoms. The average Bonchev–Trinajstić information content (AvgIpc) is 2.40. The predicted octanol–water partition coefficient (Wildman–Crippen LogP) is 2.83. The van der Waals surface area contributed by atoms with E-state index in [0.29, 0.717) is 0 Å². The lowest BCUT2D eigenvalue weighted by Crippen LogP contribution is -2.54. The van der Waals surface area contributed by atoms with Crippen LogP contribution in [0.1, 0.15) is 25.0 Å². The zero-order valence-corrected chi connectivity index (χ0v) is 12.5. The number of anilines is 1. The third-order valence-corrected chi connectivity index (χ3v) is 4.69. The number of nitrogens with zero attached hydrogens (tertiary/aromatic N) is 3. The maximum absolute atomic E-state index is 4.35. The van der Waals surface area contributed by atoms with Gasteiger partial charge in [0, 0.05) is 22.9 Å². The molecule has 20 heavy (non-hydrogen) atoms. The standard InChI is InChI=1S/C16H22N4/c1-12-13-7-4-5-8-14(13)15(19-18-12)17-11-16(20(2)3)9-6-10-16/h4-5,7-8H,6,9-11H2,1-3H3,(H,17,19). The van der Waals surface area contributed by atoms with Gasteiger partial charge >= 0.3 is 0 Å². The monoisotopic (exact) mass is 270 g/mol. The van der Waals surface area contributed by atoms with Crippen molar-refractivity contribution in [2.24, 2.45) is 0 Å². The first-order valence-corrected chi connectivity index (χ1v) is 7.26. The molecule has 106 valence electrons. The van der Waals surface area contributed by atoms with Crippen LogP contribution in [0.4, 0.5) is 5.82 Å². The molecule has 0 atom stereocenters. The number of likely N-dealkylation sites (N-methyl/N-ethyl adjacent to an activating group) is 1. The van der Waals surface area contributed by atoms with Crippen LogP contribution in [-0.2, 0) is 0 Å². The topological polar surface area (TPSA) is 41.1 Å². The minimum Gasteiger partial charge on any atom is -0.366 e. The van der Waals surface area contributed by atoms with Gasteiger partial charge in [0.15, 0.2) is 5.82 Å². The van der Waals surface area contributed by atoms with Gasteiger partial charge in [0.1, 0.15) is 0 Å². The van der Waals surface area contributed by atoms with Gasteiger partial charge < -0.3 is 10.2 Å². The van der Waals surface area contributed by atoms with E-state index in [1.165, 1.54) is 24.6 Å². The van der Waals surface area contributed by atoms with E-state index >= 15 is 0 Å². The minimum atomic E-state index is 0.285. The van der Waals surface area contributed by atoms with Crippen molar-refractivity contribution in [2.75, 3.05) is 26.0 Å². The van der Waals surface area contributed by atoms with Crippen molar-refractivity contribution < 1.29 is 0 Å². The van der Waals surface area contributed by atoms with E-state index in [1.807, 2.05) is 13.0 Å². The van der Waals surface area contributed by atoms with Gasteiger partial charge in [-0.3, -0.25) is 0 Å². The predicted molar refractivity (Wildman–Crippen MR) is 83.0 cm³/mol. The Morgan fingerprint density at radius 1 is 1.15 bits per heavy atom. The maximum Gasteiger partial charge on any atom is 0.156 e. The first-order chi connectivity index (χ1) is 9.62. The molecule has 4 heteroatoms. The lowest BCUT2D eigenvalue weighted by atomic mass is 9.75. The Morgan fingerprint density at radius 2 is 1.85 bits per heavy atom. The van der Waals surface area contributed by atoms with Gasteiger partial charge in [-0.1, -0.05) is 24.3 Å². The summed E-state index contributed by atoms with van der Waals surface area (Å²) in [6.07, 6.45) is 3.83. The largest absolute Gasteiger partial charge is 0.366 e.